The number of hydrogen-bond acceptors (Lipinski definition) is 6. The van der Waals surface area contributed by atoms with Crippen molar-refractivity contribution < 1.29 is 28.6 Å². The van der Waals surface area contributed by atoms with Crippen LogP contribution in [0.2, 0.25) is 0 Å². The van der Waals surface area contributed by atoms with Crippen LogP contribution in [0.3, 0.4) is 0 Å². The molecule has 0 bridgehead atoms. The highest BCUT2D eigenvalue weighted by Crippen LogP contribution is 2.16. The van der Waals surface area contributed by atoms with Crippen LogP contribution in [-0.2, 0) is 28.6 Å². The van der Waals surface area contributed by atoms with E-state index in [1.807, 2.05) is 0 Å². The van der Waals surface area contributed by atoms with E-state index in [0.29, 0.717) is 19.3 Å². The number of esters is 3. The molecule has 0 N–H and O–H groups in total. The standard InChI is InChI=1S/C67H114O6/c1-4-7-10-13-16-19-22-25-26-27-28-29-30-31-32-33-34-35-36-37-38-39-40-43-45-48-51-54-57-60-66(69)72-63-64(73-67(70)61-58-55-52-49-46-42-24-21-18-15-12-9-6-3)62-71-65(68)59-56-53-50-47-44-41-23-20-17-14-11-8-5-2/h7,10,12,15-16,19-21,23-26,28-29,31-32,64H,4-6,8-9,11,13-14,17-18,22,27,30,33-63H2,1-3H3/b10-7-,15-12-,19-16-,23-20-,24-21-,26-25-,29-28-,32-31-. The summed E-state index contributed by atoms with van der Waals surface area (Å²) < 4.78 is 16.9. The van der Waals surface area contributed by atoms with Crippen LogP contribution in [-0.4, -0.2) is 37.2 Å². The molecule has 0 aromatic rings. The second-order valence-corrected chi connectivity index (χ2v) is 20.2. The van der Waals surface area contributed by atoms with Crippen LogP contribution >= 0.6 is 0 Å². The Bertz CT molecular complexity index is 1440. The SMILES string of the molecule is CC/C=C\C/C=C\C/C=C\C/C=C\C/C=C\CCCCCCCCCCCCCCCC(=O)OCC(COC(=O)CCCCCCC/C=C\CCCCCC)OC(=O)CCCCCCC/C=C\C/C=C\CCC. The topological polar surface area (TPSA) is 78.9 Å². The van der Waals surface area contributed by atoms with Gasteiger partial charge in [0.15, 0.2) is 6.10 Å². The predicted molar refractivity (Wildman–Crippen MR) is 316 cm³/mol. The Morgan fingerprint density at radius 2 is 0.562 bits per heavy atom. The first kappa shape index (κ1) is 69.3. The Morgan fingerprint density at radius 1 is 0.288 bits per heavy atom. The quantitative estimate of drug-likeness (QED) is 0.0261. The Labute approximate surface area is 451 Å². The lowest BCUT2D eigenvalue weighted by Crippen LogP contribution is -2.30. The second-order valence-electron chi connectivity index (χ2n) is 20.2. The van der Waals surface area contributed by atoms with Crippen molar-refractivity contribution in [2.75, 3.05) is 13.2 Å². The van der Waals surface area contributed by atoms with Crippen LogP contribution in [0.1, 0.15) is 290 Å². The van der Waals surface area contributed by atoms with E-state index >= 15 is 0 Å². The van der Waals surface area contributed by atoms with E-state index in [2.05, 4.69) is 118 Å². The van der Waals surface area contributed by atoms with E-state index in [-0.39, 0.29) is 31.1 Å². The van der Waals surface area contributed by atoms with Gasteiger partial charge in [-0.15, -0.1) is 0 Å². The van der Waals surface area contributed by atoms with Gasteiger partial charge in [0.25, 0.3) is 0 Å². The summed E-state index contributed by atoms with van der Waals surface area (Å²) in [4.78, 5) is 38.2. The van der Waals surface area contributed by atoms with E-state index in [1.165, 1.54) is 122 Å². The van der Waals surface area contributed by atoms with Crippen LogP contribution in [0.15, 0.2) is 97.2 Å². The second kappa shape index (κ2) is 60.9. The van der Waals surface area contributed by atoms with Gasteiger partial charge < -0.3 is 14.2 Å². The first-order chi connectivity index (χ1) is 36.0. The first-order valence-corrected chi connectivity index (χ1v) is 30.7. The van der Waals surface area contributed by atoms with Crippen molar-refractivity contribution in [3.05, 3.63) is 97.2 Å². The maximum Gasteiger partial charge on any atom is 0.306 e. The number of hydrogen-bond donors (Lipinski definition) is 0. The van der Waals surface area contributed by atoms with Crippen LogP contribution in [0.5, 0.6) is 0 Å². The van der Waals surface area contributed by atoms with Gasteiger partial charge >= 0.3 is 17.9 Å². The number of unbranched alkanes of at least 4 members (excludes halogenated alkanes) is 28. The molecule has 0 aliphatic carbocycles. The maximum absolute atomic E-state index is 12.8. The molecule has 6 heteroatoms. The average Bonchev–Trinajstić information content (AvgIpc) is 3.39. The lowest BCUT2D eigenvalue weighted by Gasteiger charge is -2.18. The zero-order chi connectivity index (χ0) is 52.9. The molecule has 0 aromatic heterocycles. The van der Waals surface area contributed by atoms with Gasteiger partial charge in [0.1, 0.15) is 13.2 Å². The van der Waals surface area contributed by atoms with Gasteiger partial charge in [0, 0.05) is 19.3 Å². The summed E-state index contributed by atoms with van der Waals surface area (Å²) in [5.41, 5.74) is 0. The molecule has 0 aliphatic heterocycles. The number of allylic oxidation sites excluding steroid dienone is 16. The van der Waals surface area contributed by atoms with Crippen molar-refractivity contribution in [3.8, 4) is 0 Å². The molecule has 1 atom stereocenters. The van der Waals surface area contributed by atoms with Crippen molar-refractivity contribution in [1.29, 1.82) is 0 Å². The van der Waals surface area contributed by atoms with Gasteiger partial charge in [0.2, 0.25) is 0 Å². The van der Waals surface area contributed by atoms with E-state index in [1.54, 1.807) is 0 Å². The molecule has 0 rings (SSSR count). The molecule has 0 amide bonds. The van der Waals surface area contributed by atoms with Crippen LogP contribution in [0.25, 0.3) is 0 Å². The van der Waals surface area contributed by atoms with Gasteiger partial charge in [0.05, 0.1) is 0 Å². The van der Waals surface area contributed by atoms with Gasteiger partial charge in [-0.1, -0.05) is 253 Å². The highest BCUT2D eigenvalue weighted by molar-refractivity contribution is 5.71. The van der Waals surface area contributed by atoms with Gasteiger partial charge in [-0.05, 0) is 116 Å². The smallest absolute Gasteiger partial charge is 0.306 e. The third-order valence-electron chi connectivity index (χ3n) is 13.0. The Balaban J connectivity index is 4.22. The lowest BCUT2D eigenvalue weighted by molar-refractivity contribution is -0.167. The lowest BCUT2D eigenvalue weighted by atomic mass is 10.0. The third-order valence-corrected chi connectivity index (χ3v) is 13.0. The average molecular weight is 1020 g/mol. The third kappa shape index (κ3) is 59.1. The van der Waals surface area contributed by atoms with Crippen LogP contribution in [0.4, 0.5) is 0 Å². The molecule has 0 aliphatic rings. The zero-order valence-corrected chi connectivity index (χ0v) is 47.9. The minimum Gasteiger partial charge on any atom is -0.462 e. The fraction of sp³-hybridized carbons (Fsp3) is 0.716. The number of carbonyl (C=O) groups is 3. The summed E-state index contributed by atoms with van der Waals surface area (Å²) in [5, 5.41) is 0. The molecule has 418 valence electrons. The van der Waals surface area contributed by atoms with Crippen molar-refractivity contribution in [3.63, 3.8) is 0 Å². The minimum absolute atomic E-state index is 0.0853. The van der Waals surface area contributed by atoms with Crippen LogP contribution in [0, 0.1) is 0 Å². The maximum atomic E-state index is 12.8. The number of carbonyl (C=O) groups excluding carboxylic acids is 3. The summed E-state index contributed by atoms with van der Waals surface area (Å²) in [6.07, 6.45) is 81.3. The molecule has 0 heterocycles. The number of ether oxygens (including phenoxy) is 3. The van der Waals surface area contributed by atoms with Gasteiger partial charge in [-0.2, -0.15) is 0 Å². The summed E-state index contributed by atoms with van der Waals surface area (Å²) in [6, 6.07) is 0. The molecule has 0 saturated carbocycles. The summed E-state index contributed by atoms with van der Waals surface area (Å²) in [6.45, 7) is 6.44. The van der Waals surface area contributed by atoms with Crippen LogP contribution < -0.4 is 0 Å². The molecular weight excluding hydrogens is 901 g/mol. The fourth-order valence-corrected chi connectivity index (χ4v) is 8.44. The zero-order valence-electron chi connectivity index (χ0n) is 47.9. The molecule has 0 spiro atoms. The molecule has 0 radical (unpaired) electrons. The normalized spacial score (nSPS) is 12.8. The summed E-state index contributed by atoms with van der Waals surface area (Å²) >= 11 is 0. The fourth-order valence-electron chi connectivity index (χ4n) is 8.44. The number of rotatable bonds is 55. The van der Waals surface area contributed by atoms with Crippen molar-refractivity contribution in [2.45, 2.75) is 297 Å². The molecule has 1 unspecified atom stereocenters. The minimum atomic E-state index is -0.788. The van der Waals surface area contributed by atoms with E-state index < -0.39 is 6.10 Å². The Morgan fingerprint density at radius 3 is 0.904 bits per heavy atom. The van der Waals surface area contributed by atoms with E-state index in [4.69, 9.17) is 14.2 Å². The van der Waals surface area contributed by atoms with Crippen molar-refractivity contribution in [2.24, 2.45) is 0 Å². The summed E-state index contributed by atoms with van der Waals surface area (Å²) in [7, 11) is 0. The molecule has 0 aromatic carbocycles. The van der Waals surface area contributed by atoms with Gasteiger partial charge in [-0.3, -0.25) is 14.4 Å². The van der Waals surface area contributed by atoms with E-state index in [9.17, 15) is 14.4 Å². The van der Waals surface area contributed by atoms with E-state index in [0.717, 1.165) is 128 Å². The predicted octanol–water partition coefficient (Wildman–Crippen LogP) is 20.9. The summed E-state index contributed by atoms with van der Waals surface area (Å²) in [5.74, 6) is -0.904. The molecule has 6 nitrogen and oxygen atoms in total. The van der Waals surface area contributed by atoms with Gasteiger partial charge in [-0.25, -0.2) is 0 Å². The highest BCUT2D eigenvalue weighted by atomic mass is 16.6. The molecular formula is C67H114O6. The van der Waals surface area contributed by atoms with Crippen molar-refractivity contribution in [1.82, 2.24) is 0 Å². The largest absolute Gasteiger partial charge is 0.462 e. The molecule has 73 heavy (non-hydrogen) atoms. The Kier molecular flexibility index (Phi) is 57.8. The van der Waals surface area contributed by atoms with Crippen molar-refractivity contribution >= 4 is 17.9 Å². The molecule has 0 saturated heterocycles. The first-order valence-electron chi connectivity index (χ1n) is 30.7. The monoisotopic (exact) mass is 1010 g/mol. The highest BCUT2D eigenvalue weighted by Gasteiger charge is 2.19. The molecule has 0 fully saturated rings. The Hall–Kier alpha value is -3.67.